The van der Waals surface area contributed by atoms with Gasteiger partial charge in [-0.05, 0) is 26.0 Å². The maximum absolute atomic E-state index is 5.57. The standard InChI is InChI=1S/C9H14N4O/c1-10-8(9-11-6-12-13-9)7-4-2-3-5-14-7/h4,6,8,10H,2-3,5H2,1H3,(H,11,12,13). The zero-order valence-corrected chi connectivity index (χ0v) is 8.16. The van der Waals surface area contributed by atoms with E-state index < -0.39 is 0 Å². The van der Waals surface area contributed by atoms with Crippen LogP contribution >= 0.6 is 0 Å². The fourth-order valence-corrected chi connectivity index (χ4v) is 1.55. The lowest BCUT2D eigenvalue weighted by atomic mass is 10.1. The highest BCUT2D eigenvalue weighted by molar-refractivity contribution is 5.12. The molecule has 0 radical (unpaired) electrons. The third kappa shape index (κ3) is 1.77. The maximum Gasteiger partial charge on any atom is 0.149 e. The Morgan fingerprint density at radius 2 is 2.57 bits per heavy atom. The van der Waals surface area contributed by atoms with E-state index in [2.05, 4.69) is 26.6 Å². The second-order valence-corrected chi connectivity index (χ2v) is 3.19. The molecule has 1 unspecified atom stereocenters. The van der Waals surface area contributed by atoms with Crippen LogP contribution in [0.3, 0.4) is 0 Å². The zero-order valence-electron chi connectivity index (χ0n) is 8.16. The summed E-state index contributed by atoms with van der Waals surface area (Å²) in [5.41, 5.74) is 0. The van der Waals surface area contributed by atoms with Gasteiger partial charge in [0.1, 0.15) is 24.0 Å². The highest BCUT2D eigenvalue weighted by Crippen LogP contribution is 2.22. The highest BCUT2D eigenvalue weighted by atomic mass is 16.5. The third-order valence-corrected chi connectivity index (χ3v) is 2.24. The number of hydrogen-bond acceptors (Lipinski definition) is 4. The molecule has 1 aliphatic heterocycles. The van der Waals surface area contributed by atoms with Crippen molar-refractivity contribution < 1.29 is 4.74 Å². The summed E-state index contributed by atoms with van der Waals surface area (Å²) in [6, 6.07) is -0.00204. The van der Waals surface area contributed by atoms with Crippen LogP contribution in [0.25, 0.3) is 0 Å². The van der Waals surface area contributed by atoms with E-state index in [1.54, 1.807) is 0 Å². The van der Waals surface area contributed by atoms with Crippen molar-refractivity contribution in [3.63, 3.8) is 0 Å². The van der Waals surface area contributed by atoms with Crippen LogP contribution in [0, 0.1) is 0 Å². The molecule has 1 atom stereocenters. The summed E-state index contributed by atoms with van der Waals surface area (Å²) in [5.74, 6) is 1.73. The number of H-pyrrole nitrogens is 1. The molecule has 0 amide bonds. The highest BCUT2D eigenvalue weighted by Gasteiger charge is 2.20. The topological polar surface area (TPSA) is 62.8 Å². The van der Waals surface area contributed by atoms with E-state index in [0.29, 0.717) is 0 Å². The molecule has 1 aliphatic rings. The quantitative estimate of drug-likeness (QED) is 0.745. The van der Waals surface area contributed by atoms with Crippen molar-refractivity contribution in [2.24, 2.45) is 0 Å². The molecule has 1 aromatic heterocycles. The average Bonchev–Trinajstić information content (AvgIpc) is 2.74. The molecule has 76 valence electrons. The van der Waals surface area contributed by atoms with Gasteiger partial charge in [0.15, 0.2) is 0 Å². The summed E-state index contributed by atoms with van der Waals surface area (Å²) in [4.78, 5) is 4.11. The van der Waals surface area contributed by atoms with Gasteiger partial charge in [0.05, 0.1) is 6.61 Å². The predicted octanol–water partition coefficient (Wildman–Crippen LogP) is 0.759. The summed E-state index contributed by atoms with van der Waals surface area (Å²) in [6.45, 7) is 0.790. The molecule has 0 spiro atoms. The Morgan fingerprint density at radius 1 is 1.64 bits per heavy atom. The van der Waals surface area contributed by atoms with Crippen molar-refractivity contribution in [1.82, 2.24) is 20.5 Å². The number of rotatable bonds is 3. The molecule has 14 heavy (non-hydrogen) atoms. The molecule has 2 rings (SSSR count). The van der Waals surface area contributed by atoms with Crippen molar-refractivity contribution in [1.29, 1.82) is 0 Å². The number of nitrogens with one attached hydrogen (secondary N) is 2. The molecule has 2 N–H and O–H groups in total. The van der Waals surface area contributed by atoms with E-state index in [1.165, 1.54) is 6.33 Å². The van der Waals surface area contributed by atoms with Crippen LogP contribution in [0.5, 0.6) is 0 Å². The van der Waals surface area contributed by atoms with E-state index in [1.807, 2.05) is 7.05 Å². The first-order chi connectivity index (χ1) is 6.92. The van der Waals surface area contributed by atoms with Crippen molar-refractivity contribution in [3.8, 4) is 0 Å². The van der Waals surface area contributed by atoms with Crippen LogP contribution in [0.2, 0.25) is 0 Å². The lowest BCUT2D eigenvalue weighted by Crippen LogP contribution is -2.23. The van der Waals surface area contributed by atoms with Gasteiger partial charge in [-0.2, -0.15) is 5.10 Å². The molecule has 5 nitrogen and oxygen atoms in total. The van der Waals surface area contributed by atoms with Gasteiger partial charge in [0.25, 0.3) is 0 Å². The Morgan fingerprint density at radius 3 is 3.14 bits per heavy atom. The van der Waals surface area contributed by atoms with E-state index in [0.717, 1.165) is 31.0 Å². The van der Waals surface area contributed by atoms with E-state index in [4.69, 9.17) is 4.74 Å². The predicted molar refractivity (Wildman–Crippen MR) is 51.5 cm³/mol. The molecule has 0 aromatic carbocycles. The number of aromatic nitrogens is 3. The van der Waals surface area contributed by atoms with E-state index >= 15 is 0 Å². The molecule has 0 fully saturated rings. The van der Waals surface area contributed by atoms with Gasteiger partial charge in [-0.25, -0.2) is 4.98 Å². The van der Waals surface area contributed by atoms with Gasteiger partial charge >= 0.3 is 0 Å². The second-order valence-electron chi connectivity index (χ2n) is 3.19. The molecular weight excluding hydrogens is 180 g/mol. The smallest absolute Gasteiger partial charge is 0.149 e. The van der Waals surface area contributed by atoms with Crippen molar-refractivity contribution in [2.75, 3.05) is 13.7 Å². The molecular formula is C9H14N4O. The van der Waals surface area contributed by atoms with Gasteiger partial charge in [0, 0.05) is 0 Å². The monoisotopic (exact) mass is 194 g/mol. The summed E-state index contributed by atoms with van der Waals surface area (Å²) in [7, 11) is 1.88. The Hall–Kier alpha value is -1.36. The number of allylic oxidation sites excluding steroid dienone is 1. The van der Waals surface area contributed by atoms with Gasteiger partial charge in [-0.1, -0.05) is 0 Å². The Bertz CT molecular complexity index is 307. The summed E-state index contributed by atoms with van der Waals surface area (Å²) in [5, 5.41) is 9.82. The lowest BCUT2D eigenvalue weighted by Gasteiger charge is -2.21. The van der Waals surface area contributed by atoms with Crippen LogP contribution < -0.4 is 5.32 Å². The van der Waals surface area contributed by atoms with Crippen LogP contribution in [0.15, 0.2) is 18.2 Å². The van der Waals surface area contributed by atoms with Gasteiger partial charge in [-0.15, -0.1) is 0 Å². The molecule has 0 saturated heterocycles. The fraction of sp³-hybridized carbons (Fsp3) is 0.556. The Labute approximate surface area is 82.6 Å². The van der Waals surface area contributed by atoms with Crippen molar-refractivity contribution in [3.05, 3.63) is 24.0 Å². The lowest BCUT2D eigenvalue weighted by molar-refractivity contribution is 0.168. The maximum atomic E-state index is 5.57. The number of ether oxygens (including phenoxy) is 1. The van der Waals surface area contributed by atoms with Crippen LogP contribution in [-0.4, -0.2) is 28.8 Å². The van der Waals surface area contributed by atoms with Crippen LogP contribution in [0.4, 0.5) is 0 Å². The molecule has 0 saturated carbocycles. The van der Waals surface area contributed by atoms with Crippen molar-refractivity contribution in [2.45, 2.75) is 18.9 Å². The second kappa shape index (κ2) is 4.23. The number of likely N-dealkylation sites (N-methyl/N-ethyl adjacent to an activating group) is 1. The Balaban J connectivity index is 2.16. The fourth-order valence-electron chi connectivity index (χ4n) is 1.55. The minimum atomic E-state index is -0.00204. The number of hydrogen-bond donors (Lipinski definition) is 2. The Kier molecular flexibility index (Phi) is 2.78. The normalized spacial score (nSPS) is 18.5. The molecule has 1 aromatic rings. The van der Waals surface area contributed by atoms with Gasteiger partial charge < -0.3 is 10.1 Å². The van der Waals surface area contributed by atoms with Crippen molar-refractivity contribution >= 4 is 0 Å². The number of aromatic amines is 1. The molecule has 0 bridgehead atoms. The molecule has 2 heterocycles. The zero-order chi connectivity index (χ0) is 9.80. The largest absolute Gasteiger partial charge is 0.496 e. The third-order valence-electron chi connectivity index (χ3n) is 2.24. The summed E-state index contributed by atoms with van der Waals surface area (Å²) >= 11 is 0. The van der Waals surface area contributed by atoms with Crippen LogP contribution in [-0.2, 0) is 4.74 Å². The number of nitrogens with zero attached hydrogens (tertiary/aromatic N) is 2. The molecule has 0 aliphatic carbocycles. The summed E-state index contributed by atoms with van der Waals surface area (Å²) < 4.78 is 5.57. The first-order valence-electron chi connectivity index (χ1n) is 4.77. The first kappa shape index (κ1) is 9.21. The van der Waals surface area contributed by atoms with E-state index in [9.17, 15) is 0 Å². The minimum absolute atomic E-state index is 0.00204. The van der Waals surface area contributed by atoms with E-state index in [-0.39, 0.29) is 6.04 Å². The van der Waals surface area contributed by atoms with Gasteiger partial charge in [0.2, 0.25) is 0 Å². The average molecular weight is 194 g/mol. The SMILES string of the molecule is CNC(C1=CCCCO1)c1ncn[nH]1. The van der Waals surface area contributed by atoms with Gasteiger partial charge in [-0.3, -0.25) is 5.10 Å². The minimum Gasteiger partial charge on any atom is -0.496 e. The summed E-state index contributed by atoms with van der Waals surface area (Å²) in [6.07, 6.45) is 5.77. The van der Waals surface area contributed by atoms with Crippen LogP contribution in [0.1, 0.15) is 24.7 Å². The first-order valence-corrected chi connectivity index (χ1v) is 4.77. The molecule has 5 heteroatoms.